The average Bonchev–Trinajstić information content (AvgIpc) is 2.61. The number of rotatable bonds is 2. The van der Waals surface area contributed by atoms with Crippen LogP contribution in [0, 0.1) is 12.7 Å². The number of benzene rings is 1. The molecule has 94 valence electrons. The van der Waals surface area contributed by atoms with Crippen LogP contribution in [0.15, 0.2) is 22.7 Å². The summed E-state index contributed by atoms with van der Waals surface area (Å²) in [5, 5.41) is 9.00. The van der Waals surface area contributed by atoms with E-state index in [0.717, 1.165) is 11.3 Å². The molecule has 1 aromatic carbocycles. The van der Waals surface area contributed by atoms with Gasteiger partial charge in [-0.1, -0.05) is 12.1 Å². The fourth-order valence-electron chi connectivity index (χ4n) is 1.62. The zero-order valence-corrected chi connectivity index (χ0v) is 11.7. The first-order valence-electron chi connectivity index (χ1n) is 5.00. The Hall–Kier alpha value is -1.40. The first kappa shape index (κ1) is 13.0. The molecule has 0 fully saturated rings. The first-order chi connectivity index (χ1) is 8.43. The number of carboxylic acids is 1. The molecule has 2 aromatic rings. The predicted molar refractivity (Wildman–Crippen MR) is 73.5 cm³/mol. The monoisotopic (exact) mass is 329 g/mol. The van der Waals surface area contributed by atoms with Crippen molar-refractivity contribution >= 4 is 38.9 Å². The van der Waals surface area contributed by atoms with Gasteiger partial charge in [0, 0.05) is 10.4 Å². The van der Waals surface area contributed by atoms with Crippen molar-refractivity contribution in [1.29, 1.82) is 0 Å². The fraction of sp³-hybridized carbons (Fsp3) is 0.0833. The van der Waals surface area contributed by atoms with Gasteiger partial charge in [-0.25, -0.2) is 9.18 Å². The van der Waals surface area contributed by atoms with E-state index >= 15 is 0 Å². The third kappa shape index (κ3) is 2.02. The van der Waals surface area contributed by atoms with E-state index < -0.39 is 11.8 Å². The van der Waals surface area contributed by atoms with Gasteiger partial charge in [0.1, 0.15) is 10.7 Å². The standard InChI is InChI=1S/C12H9BrFNO2S/c1-5-9(15)11(12(16)17)18-10(5)6-3-2-4-7(13)8(6)14/h2-4H,15H2,1H3,(H,16,17). The lowest BCUT2D eigenvalue weighted by atomic mass is 10.1. The van der Waals surface area contributed by atoms with E-state index in [9.17, 15) is 9.18 Å². The number of hydrogen-bond donors (Lipinski definition) is 2. The molecule has 0 spiro atoms. The largest absolute Gasteiger partial charge is 0.477 e. The highest BCUT2D eigenvalue weighted by Crippen LogP contribution is 2.40. The third-order valence-corrected chi connectivity index (χ3v) is 4.53. The van der Waals surface area contributed by atoms with Crippen LogP contribution in [0.2, 0.25) is 0 Å². The molecule has 18 heavy (non-hydrogen) atoms. The summed E-state index contributed by atoms with van der Waals surface area (Å²) in [6.07, 6.45) is 0. The van der Waals surface area contributed by atoms with Crippen LogP contribution in [-0.2, 0) is 0 Å². The summed E-state index contributed by atoms with van der Waals surface area (Å²) < 4.78 is 14.3. The van der Waals surface area contributed by atoms with Gasteiger partial charge in [-0.05, 0) is 34.5 Å². The van der Waals surface area contributed by atoms with Crippen molar-refractivity contribution < 1.29 is 14.3 Å². The minimum atomic E-state index is -1.10. The maximum absolute atomic E-state index is 14.0. The Balaban J connectivity index is 2.69. The molecule has 0 aliphatic carbocycles. The third-order valence-electron chi connectivity index (χ3n) is 2.58. The van der Waals surface area contributed by atoms with E-state index in [-0.39, 0.29) is 10.6 Å². The molecule has 0 aliphatic rings. The van der Waals surface area contributed by atoms with Gasteiger partial charge in [0.15, 0.2) is 0 Å². The molecule has 0 unspecified atom stereocenters. The summed E-state index contributed by atoms with van der Waals surface area (Å²) in [5.41, 5.74) is 6.87. The van der Waals surface area contributed by atoms with Crippen LogP contribution in [0.25, 0.3) is 10.4 Å². The molecular weight excluding hydrogens is 321 g/mol. The van der Waals surface area contributed by atoms with Gasteiger partial charge in [-0.2, -0.15) is 0 Å². The van der Waals surface area contributed by atoms with E-state index in [0.29, 0.717) is 20.5 Å². The zero-order valence-electron chi connectivity index (χ0n) is 9.33. The minimum Gasteiger partial charge on any atom is -0.477 e. The number of aromatic carboxylic acids is 1. The van der Waals surface area contributed by atoms with Gasteiger partial charge < -0.3 is 10.8 Å². The summed E-state index contributed by atoms with van der Waals surface area (Å²) in [5.74, 6) is -1.51. The van der Waals surface area contributed by atoms with Crippen molar-refractivity contribution in [3.8, 4) is 10.4 Å². The van der Waals surface area contributed by atoms with Gasteiger partial charge in [-0.3, -0.25) is 0 Å². The Morgan fingerprint density at radius 1 is 1.50 bits per heavy atom. The molecule has 1 aromatic heterocycles. The van der Waals surface area contributed by atoms with Gasteiger partial charge in [0.05, 0.1) is 10.2 Å². The van der Waals surface area contributed by atoms with Gasteiger partial charge >= 0.3 is 5.97 Å². The average molecular weight is 330 g/mol. The predicted octanol–water partition coefficient (Wildman–Crippen LogP) is 3.91. The van der Waals surface area contributed by atoms with Gasteiger partial charge in [-0.15, -0.1) is 11.3 Å². The van der Waals surface area contributed by atoms with Crippen LogP contribution < -0.4 is 5.73 Å². The second-order valence-corrected chi connectivity index (χ2v) is 5.58. The molecular formula is C12H9BrFNO2S. The van der Waals surface area contributed by atoms with Crippen molar-refractivity contribution in [1.82, 2.24) is 0 Å². The normalized spacial score (nSPS) is 10.6. The Morgan fingerprint density at radius 3 is 2.72 bits per heavy atom. The van der Waals surface area contributed by atoms with Crippen molar-refractivity contribution in [3.05, 3.63) is 38.9 Å². The van der Waals surface area contributed by atoms with E-state index in [1.807, 2.05) is 0 Å². The Labute approximate surface area is 115 Å². The highest BCUT2D eigenvalue weighted by atomic mass is 79.9. The topological polar surface area (TPSA) is 63.3 Å². The maximum atomic E-state index is 14.0. The Morgan fingerprint density at radius 2 is 2.17 bits per heavy atom. The fourth-order valence-corrected chi connectivity index (χ4v) is 3.07. The summed E-state index contributed by atoms with van der Waals surface area (Å²) in [7, 11) is 0. The number of halogens is 2. The summed E-state index contributed by atoms with van der Waals surface area (Å²) in [4.78, 5) is 11.6. The number of nitrogens with two attached hydrogens (primary N) is 1. The van der Waals surface area contributed by atoms with Crippen molar-refractivity contribution in [2.75, 3.05) is 5.73 Å². The molecule has 0 saturated carbocycles. The number of hydrogen-bond acceptors (Lipinski definition) is 3. The number of nitrogen functional groups attached to an aromatic ring is 1. The van der Waals surface area contributed by atoms with Crippen LogP contribution in [0.4, 0.5) is 10.1 Å². The second kappa shape index (κ2) is 4.70. The number of carboxylic acid groups (broad SMARTS) is 1. The molecule has 6 heteroatoms. The van der Waals surface area contributed by atoms with Crippen molar-refractivity contribution in [2.24, 2.45) is 0 Å². The summed E-state index contributed by atoms with van der Waals surface area (Å²) >= 11 is 4.09. The molecule has 0 atom stereocenters. The van der Waals surface area contributed by atoms with Gasteiger partial charge in [0.2, 0.25) is 0 Å². The van der Waals surface area contributed by atoms with Crippen LogP contribution in [0.1, 0.15) is 15.2 Å². The van der Waals surface area contributed by atoms with Crippen LogP contribution in [-0.4, -0.2) is 11.1 Å². The Bertz CT molecular complexity index is 639. The minimum absolute atomic E-state index is 0.0434. The first-order valence-corrected chi connectivity index (χ1v) is 6.61. The molecule has 0 amide bonds. The second-order valence-electron chi connectivity index (χ2n) is 3.71. The van der Waals surface area contributed by atoms with Crippen LogP contribution in [0.3, 0.4) is 0 Å². The maximum Gasteiger partial charge on any atom is 0.348 e. The summed E-state index contributed by atoms with van der Waals surface area (Å²) in [6.45, 7) is 1.69. The molecule has 0 saturated heterocycles. The molecule has 0 aliphatic heterocycles. The highest BCUT2D eigenvalue weighted by Gasteiger charge is 2.21. The molecule has 3 nitrogen and oxygen atoms in total. The van der Waals surface area contributed by atoms with Crippen LogP contribution in [0.5, 0.6) is 0 Å². The smallest absolute Gasteiger partial charge is 0.348 e. The van der Waals surface area contributed by atoms with E-state index in [4.69, 9.17) is 10.8 Å². The lowest BCUT2D eigenvalue weighted by Gasteiger charge is -2.03. The van der Waals surface area contributed by atoms with E-state index in [1.165, 1.54) is 0 Å². The summed E-state index contributed by atoms with van der Waals surface area (Å²) in [6, 6.07) is 4.88. The highest BCUT2D eigenvalue weighted by molar-refractivity contribution is 9.10. The molecule has 1 heterocycles. The molecule has 3 N–H and O–H groups in total. The Kier molecular flexibility index (Phi) is 3.41. The lowest BCUT2D eigenvalue weighted by Crippen LogP contribution is -1.97. The van der Waals surface area contributed by atoms with Crippen molar-refractivity contribution in [2.45, 2.75) is 6.92 Å². The quantitative estimate of drug-likeness (QED) is 0.878. The zero-order chi connectivity index (χ0) is 13.4. The molecule has 2 rings (SSSR count). The van der Waals surface area contributed by atoms with Gasteiger partial charge in [0.25, 0.3) is 0 Å². The van der Waals surface area contributed by atoms with E-state index in [2.05, 4.69) is 15.9 Å². The number of thiophene rings is 1. The molecule has 0 radical (unpaired) electrons. The number of carbonyl (C=O) groups is 1. The number of anilines is 1. The van der Waals surface area contributed by atoms with Crippen LogP contribution >= 0.6 is 27.3 Å². The van der Waals surface area contributed by atoms with Crippen molar-refractivity contribution in [3.63, 3.8) is 0 Å². The van der Waals surface area contributed by atoms with E-state index in [1.54, 1.807) is 25.1 Å². The lowest BCUT2D eigenvalue weighted by molar-refractivity contribution is 0.0703. The SMILES string of the molecule is Cc1c(-c2cccc(Br)c2F)sc(C(=O)O)c1N. The molecule has 0 bridgehead atoms.